The van der Waals surface area contributed by atoms with Crippen molar-refractivity contribution in [1.29, 1.82) is 0 Å². The minimum atomic E-state index is -0.657. The van der Waals surface area contributed by atoms with E-state index in [0.29, 0.717) is 51.8 Å². The number of nitrogens with zero attached hydrogens (tertiary/aromatic N) is 4. The van der Waals surface area contributed by atoms with Crippen LogP contribution in [0.5, 0.6) is 23.0 Å². The quantitative estimate of drug-likeness (QED) is 0.107. The number of aromatic hydroxyl groups is 1. The zero-order valence-corrected chi connectivity index (χ0v) is 38.5. The highest BCUT2D eigenvalue weighted by Crippen LogP contribution is 2.47. The van der Waals surface area contributed by atoms with E-state index in [0.717, 1.165) is 22.3 Å². The molecule has 358 valence electrons. The first-order chi connectivity index (χ1) is 34.5. The zero-order chi connectivity index (χ0) is 49.6. The van der Waals surface area contributed by atoms with Crippen LogP contribution in [0.25, 0.3) is 21.8 Å². The third-order valence-corrected chi connectivity index (χ3v) is 11.9. The van der Waals surface area contributed by atoms with Gasteiger partial charge in [0.1, 0.15) is 40.3 Å². The average Bonchev–Trinajstić information content (AvgIpc) is 3.89. The van der Waals surface area contributed by atoms with Crippen molar-refractivity contribution in [2.45, 2.75) is 46.1 Å². The van der Waals surface area contributed by atoms with Crippen molar-refractivity contribution in [1.82, 2.24) is 30.4 Å². The molecule has 2 aliphatic rings. The molecule has 14 nitrogen and oxygen atoms in total. The lowest BCUT2D eigenvalue weighted by Gasteiger charge is -2.23. The molecule has 0 saturated heterocycles. The number of hydrogen-bond acceptors (Lipinski definition) is 10. The number of hydrogen-bond donors (Lipinski definition) is 3. The van der Waals surface area contributed by atoms with Gasteiger partial charge in [0.25, 0.3) is 11.8 Å². The monoisotopic (exact) mass is 956 g/mol. The number of fused-ring (bicyclic) bond motifs is 4. The molecule has 0 atom stereocenters. The molecule has 0 spiro atoms. The van der Waals surface area contributed by atoms with Crippen LogP contribution in [0.15, 0.2) is 146 Å². The lowest BCUT2D eigenvalue weighted by atomic mass is 9.99. The highest BCUT2D eigenvalue weighted by Gasteiger charge is 2.39. The van der Waals surface area contributed by atoms with Crippen LogP contribution in [0.1, 0.15) is 74.0 Å². The predicted octanol–water partition coefficient (Wildman–Crippen LogP) is 10.2. The molecule has 16 heteroatoms. The van der Waals surface area contributed by atoms with Gasteiger partial charge in [-0.15, -0.1) is 0 Å². The molecule has 4 heterocycles. The first-order valence-corrected chi connectivity index (χ1v) is 22.8. The molecule has 2 aromatic heterocycles. The average molecular weight is 957 g/mol. The topological polar surface area (TPSA) is 173 Å². The number of benzene rings is 6. The number of phenolic OH excluding ortho intramolecular Hbond substituents is 1. The molecule has 0 bridgehead atoms. The van der Waals surface area contributed by atoms with Crippen LogP contribution in [0.4, 0.5) is 18.4 Å². The summed E-state index contributed by atoms with van der Waals surface area (Å²) < 4.78 is 44.9. The Balaban J connectivity index is 0.000000188. The van der Waals surface area contributed by atoms with Gasteiger partial charge in [-0.05, 0) is 84.6 Å². The van der Waals surface area contributed by atoms with Gasteiger partial charge in [0.05, 0.1) is 24.2 Å². The molecule has 3 N–H and O–H groups in total. The molecular weight excluding hydrogens is 911 g/mol. The van der Waals surface area contributed by atoms with E-state index in [1.165, 1.54) is 35.4 Å². The van der Waals surface area contributed by atoms with Gasteiger partial charge in [0, 0.05) is 60.5 Å². The fourth-order valence-corrected chi connectivity index (χ4v) is 8.69. The molecule has 2 aliphatic heterocycles. The van der Waals surface area contributed by atoms with Crippen LogP contribution >= 0.6 is 0 Å². The predicted molar refractivity (Wildman–Crippen MR) is 260 cm³/mol. The summed E-state index contributed by atoms with van der Waals surface area (Å²) >= 11 is 0. The summed E-state index contributed by atoms with van der Waals surface area (Å²) in [5, 5.41) is 16.9. The lowest BCUT2D eigenvalue weighted by Crippen LogP contribution is -2.27. The van der Waals surface area contributed by atoms with Crippen molar-refractivity contribution >= 4 is 45.8 Å². The second-order valence-corrected chi connectivity index (χ2v) is 16.6. The summed E-state index contributed by atoms with van der Waals surface area (Å²) in [6.45, 7) is 5.08. The normalized spacial score (nSPS) is 12.6. The summed E-state index contributed by atoms with van der Waals surface area (Å²) in [5.74, 6) is -0.893. The van der Waals surface area contributed by atoms with Crippen molar-refractivity contribution in [3.63, 3.8) is 0 Å². The van der Waals surface area contributed by atoms with E-state index in [2.05, 4.69) is 20.6 Å². The van der Waals surface area contributed by atoms with Gasteiger partial charge in [-0.1, -0.05) is 84.9 Å². The molecule has 0 saturated carbocycles. The Morgan fingerprint density at radius 1 is 0.592 bits per heavy atom. The number of phenols is 1. The van der Waals surface area contributed by atoms with Gasteiger partial charge in [-0.3, -0.25) is 19.6 Å². The van der Waals surface area contributed by atoms with Gasteiger partial charge >= 0.3 is 12.2 Å². The number of aromatic nitrogens is 2. The molecule has 71 heavy (non-hydrogen) atoms. The largest absolute Gasteiger partial charge is 0.505 e. The standard InChI is InChI=1S/C34H28FN3O4.C21H18FN3O4/c1-2-36-34(40)42-31-26-14-9-19-37-29(26)32(41-30(23-10-5-3-6-11-23)24-12-7-4-8-13-24)28-27(31)21-38(33(28)39)20-22-15-17-25(35)18-16-22;1-2-23-21(28)29-19-14-4-3-9-24-17(14)18(26)16-15(19)11-25(20(16)27)10-12-5-7-13(22)8-6-12/h3-19,30H,2,20-21H2,1H3,(H,36,40);3-9,26H,2,10-11H2,1H3,(H,23,28). The van der Waals surface area contributed by atoms with Crippen LogP contribution < -0.4 is 24.8 Å². The molecule has 0 unspecified atom stereocenters. The maximum absolute atomic E-state index is 14.1. The highest BCUT2D eigenvalue weighted by atomic mass is 19.1. The summed E-state index contributed by atoms with van der Waals surface area (Å²) in [6, 6.07) is 38.3. The van der Waals surface area contributed by atoms with Crippen LogP contribution in [-0.4, -0.2) is 62.0 Å². The Bertz CT molecular complexity index is 3250. The zero-order valence-electron chi connectivity index (χ0n) is 38.5. The molecule has 8 aromatic rings. The van der Waals surface area contributed by atoms with E-state index < -0.39 is 24.2 Å². The minimum Gasteiger partial charge on any atom is -0.505 e. The number of halogens is 2. The maximum atomic E-state index is 14.1. The first kappa shape index (κ1) is 47.2. The van der Waals surface area contributed by atoms with Crippen LogP contribution in [0.2, 0.25) is 0 Å². The first-order valence-electron chi connectivity index (χ1n) is 22.8. The second-order valence-electron chi connectivity index (χ2n) is 16.6. The number of rotatable bonds is 12. The van der Waals surface area contributed by atoms with Crippen molar-refractivity contribution in [3.8, 4) is 23.0 Å². The maximum Gasteiger partial charge on any atom is 0.412 e. The van der Waals surface area contributed by atoms with E-state index in [-0.39, 0.29) is 72.0 Å². The van der Waals surface area contributed by atoms with Crippen LogP contribution in [-0.2, 0) is 26.2 Å². The van der Waals surface area contributed by atoms with E-state index >= 15 is 0 Å². The second kappa shape index (κ2) is 20.7. The molecule has 0 aliphatic carbocycles. The van der Waals surface area contributed by atoms with Crippen molar-refractivity contribution in [2.24, 2.45) is 0 Å². The number of carbonyl (C=O) groups excluding carboxylic acids is 4. The van der Waals surface area contributed by atoms with Gasteiger partial charge in [0.15, 0.2) is 11.5 Å². The Hall–Kier alpha value is -8.92. The van der Waals surface area contributed by atoms with Gasteiger partial charge < -0.3 is 39.8 Å². The summed E-state index contributed by atoms with van der Waals surface area (Å²) in [7, 11) is 0. The van der Waals surface area contributed by atoms with E-state index in [9.17, 15) is 33.1 Å². The molecule has 4 amide bonds. The smallest absolute Gasteiger partial charge is 0.412 e. The summed E-state index contributed by atoms with van der Waals surface area (Å²) in [4.78, 5) is 63.8. The summed E-state index contributed by atoms with van der Waals surface area (Å²) in [5.41, 5.74) is 5.20. The van der Waals surface area contributed by atoms with Crippen molar-refractivity contribution in [2.75, 3.05) is 13.1 Å². The van der Waals surface area contributed by atoms with Gasteiger partial charge in [-0.25, -0.2) is 18.4 Å². The van der Waals surface area contributed by atoms with Gasteiger partial charge in [0.2, 0.25) is 0 Å². The van der Waals surface area contributed by atoms with Crippen molar-refractivity contribution < 1.29 is 47.3 Å². The molecule has 0 radical (unpaired) electrons. The third-order valence-electron chi connectivity index (χ3n) is 11.9. The fourth-order valence-electron chi connectivity index (χ4n) is 8.69. The Labute approximate surface area is 406 Å². The number of nitrogens with one attached hydrogen (secondary N) is 2. The molecular formula is C55H46F2N6O8. The number of carbonyl (C=O) groups is 4. The number of amides is 4. The van der Waals surface area contributed by atoms with E-state index in [4.69, 9.17) is 14.2 Å². The van der Waals surface area contributed by atoms with Gasteiger partial charge in [-0.2, -0.15) is 0 Å². The number of ether oxygens (including phenoxy) is 3. The minimum absolute atomic E-state index is 0.0672. The fraction of sp³-hybridized carbons (Fsp3) is 0.164. The lowest BCUT2D eigenvalue weighted by molar-refractivity contribution is 0.0756. The molecule has 0 fully saturated rings. The molecule has 10 rings (SSSR count). The highest BCUT2D eigenvalue weighted by molar-refractivity contribution is 6.10. The Morgan fingerprint density at radius 3 is 1.51 bits per heavy atom. The summed E-state index contributed by atoms with van der Waals surface area (Å²) in [6.07, 6.45) is 1.27. The van der Waals surface area contributed by atoms with E-state index in [1.54, 1.807) is 73.5 Å². The van der Waals surface area contributed by atoms with Crippen molar-refractivity contribution in [3.05, 3.63) is 202 Å². The van der Waals surface area contributed by atoms with Crippen LogP contribution in [0.3, 0.4) is 0 Å². The Kier molecular flexibility index (Phi) is 13.8. The number of pyridine rings is 2. The third kappa shape index (κ3) is 9.86. The molecule has 6 aromatic carbocycles. The Morgan fingerprint density at radius 2 is 1.03 bits per heavy atom. The van der Waals surface area contributed by atoms with Crippen LogP contribution in [0, 0.1) is 11.6 Å². The van der Waals surface area contributed by atoms with E-state index in [1.807, 2.05) is 60.7 Å². The SMILES string of the molecule is CCNC(=O)Oc1c2c(c(O)c3ncccc13)C(=O)N(Cc1ccc(F)cc1)C2.CCNC(=O)Oc1c2c(c(OC(c3ccccc3)c3ccccc3)c3ncccc13)C(=O)N(Cc1ccc(F)cc1)C2.